The smallest absolute Gasteiger partial charge is 0.217 e. The molecule has 5 nitrogen and oxygen atoms in total. The van der Waals surface area contributed by atoms with Crippen LogP contribution >= 0.6 is 15.9 Å². The van der Waals surface area contributed by atoms with E-state index in [2.05, 4.69) is 129 Å². The molecule has 2 aliphatic heterocycles. The van der Waals surface area contributed by atoms with Crippen LogP contribution in [0.15, 0.2) is 120 Å². The second kappa shape index (κ2) is 16.2. The van der Waals surface area contributed by atoms with Gasteiger partial charge in [-0.25, -0.2) is 4.98 Å². The van der Waals surface area contributed by atoms with Gasteiger partial charge in [-0.15, -0.1) is 0 Å². The van der Waals surface area contributed by atoms with Gasteiger partial charge < -0.3 is 9.84 Å². The highest BCUT2D eigenvalue weighted by molar-refractivity contribution is 9.10. The van der Waals surface area contributed by atoms with Crippen LogP contribution in [0.3, 0.4) is 0 Å². The van der Waals surface area contributed by atoms with Gasteiger partial charge in [0, 0.05) is 53.1 Å². The number of unbranched alkanes of at least 4 members (excludes halogenated alkanes) is 2. The predicted molar refractivity (Wildman–Crippen MR) is 208 cm³/mol. The Bertz CT molecular complexity index is 1820. The van der Waals surface area contributed by atoms with Gasteiger partial charge in [-0.2, -0.15) is 0 Å². The lowest BCUT2D eigenvalue weighted by Gasteiger charge is -2.38. The lowest BCUT2D eigenvalue weighted by atomic mass is 9.72. The summed E-state index contributed by atoms with van der Waals surface area (Å²) in [7, 11) is 1.70. The number of methoxy groups -OCH3 is 1. The highest BCUT2D eigenvalue weighted by Gasteiger charge is 2.43. The Morgan fingerprint density at radius 3 is 2.10 bits per heavy atom. The molecule has 2 saturated heterocycles. The van der Waals surface area contributed by atoms with E-state index in [0.29, 0.717) is 24.4 Å². The summed E-state index contributed by atoms with van der Waals surface area (Å²) >= 11 is 3.66. The number of benzene rings is 4. The number of piperazine rings is 1. The SMILES string of the molecule is COc1nc2ccc(Br)cc2cc1C(c1ccccc1)C(O)(CCCCc1ccccc1)CCCCN1CC2CC1CN2Cc1ccccc1. The van der Waals surface area contributed by atoms with Crippen LogP contribution in [0.25, 0.3) is 10.9 Å². The summed E-state index contributed by atoms with van der Waals surface area (Å²) in [6.07, 6.45) is 7.74. The quantitative estimate of drug-likeness (QED) is 0.103. The molecule has 2 fully saturated rings. The normalized spacial score (nSPS) is 19.5. The fourth-order valence-electron chi connectivity index (χ4n) is 8.62. The molecule has 0 spiro atoms. The Hall–Kier alpha value is -3.55. The van der Waals surface area contributed by atoms with Gasteiger partial charge >= 0.3 is 0 Å². The van der Waals surface area contributed by atoms with Crippen molar-refractivity contribution < 1.29 is 9.84 Å². The Morgan fingerprint density at radius 1 is 0.780 bits per heavy atom. The molecule has 6 heteroatoms. The second-order valence-electron chi connectivity index (χ2n) is 14.5. The summed E-state index contributed by atoms with van der Waals surface area (Å²) in [6, 6.07) is 41.8. The van der Waals surface area contributed by atoms with Gasteiger partial charge in [0.25, 0.3) is 0 Å². The third-order valence-corrected chi connectivity index (χ3v) is 11.6. The molecule has 0 saturated carbocycles. The molecule has 0 aliphatic carbocycles. The third kappa shape index (κ3) is 8.15. The van der Waals surface area contributed by atoms with Crippen LogP contribution in [-0.4, -0.2) is 64.3 Å². The topological polar surface area (TPSA) is 48.8 Å². The molecule has 3 heterocycles. The van der Waals surface area contributed by atoms with Crippen LogP contribution in [0.2, 0.25) is 0 Å². The van der Waals surface area contributed by atoms with Crippen molar-refractivity contribution in [1.29, 1.82) is 0 Å². The molecule has 50 heavy (non-hydrogen) atoms. The van der Waals surface area contributed by atoms with E-state index in [0.717, 1.165) is 91.2 Å². The van der Waals surface area contributed by atoms with E-state index in [1.165, 1.54) is 17.5 Å². The second-order valence-corrected chi connectivity index (χ2v) is 15.4. The number of ether oxygens (including phenoxy) is 1. The molecule has 0 amide bonds. The van der Waals surface area contributed by atoms with Gasteiger partial charge in [0.15, 0.2) is 0 Å². The van der Waals surface area contributed by atoms with E-state index in [1.807, 2.05) is 12.1 Å². The maximum atomic E-state index is 13.1. The number of aryl methyl sites for hydroxylation is 1. The van der Waals surface area contributed by atoms with Crippen molar-refractivity contribution in [1.82, 2.24) is 14.8 Å². The number of rotatable bonds is 16. The third-order valence-electron chi connectivity index (χ3n) is 11.1. The van der Waals surface area contributed by atoms with E-state index in [1.54, 1.807) is 7.11 Å². The molecular formula is C44H50BrN3O2. The Balaban J connectivity index is 1.09. The van der Waals surface area contributed by atoms with Crippen LogP contribution in [0.4, 0.5) is 0 Å². The van der Waals surface area contributed by atoms with E-state index in [-0.39, 0.29) is 5.92 Å². The Morgan fingerprint density at radius 2 is 1.42 bits per heavy atom. The number of aromatic nitrogens is 1. The largest absolute Gasteiger partial charge is 0.481 e. The van der Waals surface area contributed by atoms with Crippen LogP contribution in [0.5, 0.6) is 5.88 Å². The summed E-state index contributed by atoms with van der Waals surface area (Å²) < 4.78 is 7.00. The van der Waals surface area contributed by atoms with Crippen LogP contribution in [0.1, 0.15) is 73.1 Å². The molecule has 0 radical (unpaired) electrons. The van der Waals surface area contributed by atoms with Gasteiger partial charge in [0.1, 0.15) is 0 Å². The standard InChI is InChI=1S/C44H50BrN3O2/c1-50-43-40(28-36-27-37(45)22-23-41(36)46-43)42(35-20-9-4-10-21-35)44(49,24-12-11-17-33-15-5-2-6-16-33)25-13-14-26-47-31-39-29-38(47)32-48(39)30-34-18-7-3-8-19-34/h2-10,15-16,18-23,27-28,38-39,42,49H,11-14,17,24-26,29-32H2,1H3. The van der Waals surface area contributed by atoms with Crippen molar-refractivity contribution in [3.63, 3.8) is 0 Å². The van der Waals surface area contributed by atoms with Crippen molar-refractivity contribution in [2.24, 2.45) is 0 Å². The van der Waals surface area contributed by atoms with Crippen molar-refractivity contribution in [2.45, 2.75) is 81.5 Å². The number of hydrogen-bond donors (Lipinski definition) is 1. The fraction of sp³-hybridized carbons (Fsp3) is 0.386. The summed E-state index contributed by atoms with van der Waals surface area (Å²) in [5, 5.41) is 14.1. The van der Waals surface area contributed by atoms with E-state index >= 15 is 0 Å². The number of hydrogen-bond acceptors (Lipinski definition) is 5. The average molecular weight is 733 g/mol. The molecule has 2 bridgehead atoms. The fourth-order valence-corrected chi connectivity index (χ4v) is 9.00. The first-order valence-corrected chi connectivity index (χ1v) is 19.3. The minimum atomic E-state index is -0.969. The summed E-state index contributed by atoms with van der Waals surface area (Å²) in [5.41, 5.74) is 4.73. The molecule has 4 aromatic carbocycles. The minimum absolute atomic E-state index is 0.277. The molecule has 4 unspecified atom stereocenters. The van der Waals surface area contributed by atoms with Crippen molar-refractivity contribution >= 4 is 26.8 Å². The van der Waals surface area contributed by atoms with Gasteiger partial charge in [0.2, 0.25) is 5.88 Å². The summed E-state index contributed by atoms with van der Waals surface area (Å²) in [4.78, 5) is 10.4. The molecule has 260 valence electrons. The molecule has 1 aromatic heterocycles. The minimum Gasteiger partial charge on any atom is -0.481 e. The lowest BCUT2D eigenvalue weighted by molar-refractivity contribution is 0.000558. The highest BCUT2D eigenvalue weighted by atomic mass is 79.9. The van der Waals surface area contributed by atoms with Crippen molar-refractivity contribution in [2.75, 3.05) is 26.7 Å². The van der Waals surface area contributed by atoms with Gasteiger partial charge in [-0.05, 0) is 92.4 Å². The first-order valence-electron chi connectivity index (χ1n) is 18.5. The first kappa shape index (κ1) is 34.9. The molecule has 2 aliphatic rings. The zero-order valence-corrected chi connectivity index (χ0v) is 30.8. The van der Waals surface area contributed by atoms with Crippen molar-refractivity contribution in [3.8, 4) is 5.88 Å². The highest BCUT2D eigenvalue weighted by Crippen LogP contribution is 2.45. The number of nitrogens with zero attached hydrogens (tertiary/aromatic N) is 3. The number of likely N-dealkylation sites (tertiary alicyclic amines) is 2. The monoisotopic (exact) mass is 731 g/mol. The van der Waals surface area contributed by atoms with Gasteiger partial charge in [-0.1, -0.05) is 113 Å². The van der Waals surface area contributed by atoms with E-state index in [9.17, 15) is 5.11 Å². The molecular weight excluding hydrogens is 682 g/mol. The molecule has 5 aromatic rings. The molecule has 7 rings (SSSR count). The lowest BCUT2D eigenvalue weighted by Crippen LogP contribution is -2.46. The van der Waals surface area contributed by atoms with Crippen LogP contribution < -0.4 is 4.74 Å². The van der Waals surface area contributed by atoms with E-state index < -0.39 is 5.60 Å². The predicted octanol–water partition coefficient (Wildman–Crippen LogP) is 9.41. The zero-order valence-electron chi connectivity index (χ0n) is 29.3. The summed E-state index contributed by atoms with van der Waals surface area (Å²) in [5.74, 6) is 0.310. The number of pyridine rings is 1. The van der Waals surface area contributed by atoms with Crippen LogP contribution in [0, 0.1) is 0 Å². The maximum Gasteiger partial charge on any atom is 0.217 e. The number of aliphatic hydroxyl groups is 1. The van der Waals surface area contributed by atoms with Gasteiger partial charge in [0.05, 0.1) is 18.2 Å². The first-order chi connectivity index (χ1) is 24.5. The van der Waals surface area contributed by atoms with Crippen LogP contribution in [-0.2, 0) is 13.0 Å². The molecule has 4 atom stereocenters. The molecule has 1 N–H and O–H groups in total. The zero-order chi connectivity index (χ0) is 34.3. The number of halogens is 1. The van der Waals surface area contributed by atoms with Gasteiger partial charge in [-0.3, -0.25) is 9.80 Å². The summed E-state index contributed by atoms with van der Waals surface area (Å²) in [6.45, 7) is 4.46. The Labute approximate surface area is 306 Å². The Kier molecular flexibility index (Phi) is 11.3. The van der Waals surface area contributed by atoms with E-state index in [4.69, 9.17) is 9.72 Å². The number of fused-ring (bicyclic) bond motifs is 3. The van der Waals surface area contributed by atoms with Crippen molar-refractivity contribution in [3.05, 3.63) is 142 Å². The maximum absolute atomic E-state index is 13.1. The average Bonchev–Trinajstić information content (AvgIpc) is 3.73.